The smallest absolute Gasteiger partial charge is 0.302 e. The maximum absolute atomic E-state index is 10.5. The molecule has 0 amide bonds. The molecule has 1 N–H and O–H groups in total. The molecule has 64 valence electrons. The fraction of sp³-hybridized carbons (Fsp3) is 0.875. The lowest BCUT2D eigenvalue weighted by Gasteiger charge is -2.13. The van der Waals surface area contributed by atoms with E-state index in [-0.39, 0.29) is 18.2 Å². The molecule has 0 aliphatic heterocycles. The fourth-order valence-electron chi connectivity index (χ4n) is 1.56. The quantitative estimate of drug-likeness (QED) is 0.572. The van der Waals surface area contributed by atoms with Crippen molar-refractivity contribution < 1.29 is 14.6 Å². The Morgan fingerprint density at radius 2 is 2.18 bits per heavy atom. The van der Waals surface area contributed by atoms with Crippen LogP contribution in [0, 0.1) is 5.92 Å². The molecule has 0 radical (unpaired) electrons. The molecule has 3 atom stereocenters. The average molecular weight is 158 g/mol. The molecule has 1 unspecified atom stereocenters. The summed E-state index contributed by atoms with van der Waals surface area (Å²) in [5.74, 6) is 0.0462. The Labute approximate surface area is 66.4 Å². The third-order valence-electron chi connectivity index (χ3n) is 2.10. The van der Waals surface area contributed by atoms with Gasteiger partial charge in [-0.3, -0.25) is 4.79 Å². The molecule has 3 heteroatoms. The molecule has 0 saturated heterocycles. The largest absolute Gasteiger partial charge is 0.462 e. The lowest BCUT2D eigenvalue weighted by atomic mass is 10.1. The molecule has 3 nitrogen and oxygen atoms in total. The Kier molecular flexibility index (Phi) is 2.49. The Hall–Kier alpha value is -0.570. The minimum Gasteiger partial charge on any atom is -0.462 e. The summed E-state index contributed by atoms with van der Waals surface area (Å²) in [6.45, 7) is 3.39. The van der Waals surface area contributed by atoms with Crippen LogP contribution >= 0.6 is 0 Å². The standard InChI is InChI=1S/C8H14O3/c1-5-3-7(10)4-8(5)11-6(2)9/h5,7-8,10H,3-4H2,1-2H3/t5-,7?,8-/m0/s1. The number of aliphatic hydroxyl groups excluding tert-OH is 1. The fourth-order valence-corrected chi connectivity index (χ4v) is 1.56. The second-order valence-corrected chi connectivity index (χ2v) is 3.25. The highest BCUT2D eigenvalue weighted by Crippen LogP contribution is 2.27. The second kappa shape index (κ2) is 3.22. The molecular formula is C8H14O3. The molecule has 1 saturated carbocycles. The van der Waals surface area contributed by atoms with Crippen LogP contribution in [0.2, 0.25) is 0 Å². The summed E-state index contributed by atoms with van der Waals surface area (Å²) in [5.41, 5.74) is 0. The summed E-state index contributed by atoms with van der Waals surface area (Å²) in [5, 5.41) is 9.19. The van der Waals surface area contributed by atoms with Gasteiger partial charge in [0.2, 0.25) is 0 Å². The van der Waals surface area contributed by atoms with Crippen LogP contribution in [0.3, 0.4) is 0 Å². The van der Waals surface area contributed by atoms with E-state index in [1.165, 1.54) is 6.92 Å². The molecule has 0 aromatic heterocycles. The second-order valence-electron chi connectivity index (χ2n) is 3.25. The van der Waals surface area contributed by atoms with E-state index in [0.29, 0.717) is 12.3 Å². The van der Waals surface area contributed by atoms with Crippen molar-refractivity contribution >= 4 is 5.97 Å². The van der Waals surface area contributed by atoms with Gasteiger partial charge in [0.25, 0.3) is 0 Å². The lowest BCUT2D eigenvalue weighted by Crippen LogP contribution is -2.18. The maximum atomic E-state index is 10.5. The van der Waals surface area contributed by atoms with Crippen LogP contribution in [0.5, 0.6) is 0 Å². The molecule has 1 aliphatic rings. The van der Waals surface area contributed by atoms with Crippen molar-refractivity contribution in [1.82, 2.24) is 0 Å². The minimum absolute atomic E-state index is 0.0671. The van der Waals surface area contributed by atoms with Crippen molar-refractivity contribution in [3.05, 3.63) is 0 Å². The normalized spacial score (nSPS) is 37.2. The number of ether oxygens (including phenoxy) is 1. The first-order chi connectivity index (χ1) is 5.09. The van der Waals surface area contributed by atoms with E-state index in [0.717, 1.165) is 6.42 Å². The van der Waals surface area contributed by atoms with Crippen LogP contribution in [0.15, 0.2) is 0 Å². The predicted octanol–water partition coefficient (Wildman–Crippen LogP) is 0.709. The monoisotopic (exact) mass is 158 g/mol. The van der Waals surface area contributed by atoms with Gasteiger partial charge in [0, 0.05) is 13.3 Å². The van der Waals surface area contributed by atoms with E-state index in [2.05, 4.69) is 0 Å². The summed E-state index contributed by atoms with van der Waals surface area (Å²) in [7, 11) is 0. The number of carbonyl (C=O) groups excluding carboxylic acids is 1. The molecule has 1 fully saturated rings. The summed E-state index contributed by atoms with van der Waals surface area (Å²) in [6, 6.07) is 0. The molecular weight excluding hydrogens is 144 g/mol. The molecule has 0 aromatic rings. The van der Waals surface area contributed by atoms with E-state index in [9.17, 15) is 9.90 Å². The molecule has 1 aliphatic carbocycles. The van der Waals surface area contributed by atoms with Crippen LogP contribution in [0.25, 0.3) is 0 Å². The average Bonchev–Trinajstić information content (AvgIpc) is 2.09. The van der Waals surface area contributed by atoms with Crippen LogP contribution in [-0.4, -0.2) is 23.3 Å². The van der Waals surface area contributed by atoms with Crippen molar-refractivity contribution in [3.63, 3.8) is 0 Å². The zero-order chi connectivity index (χ0) is 8.43. The molecule has 0 bridgehead atoms. The topological polar surface area (TPSA) is 46.5 Å². The zero-order valence-electron chi connectivity index (χ0n) is 6.91. The Morgan fingerprint density at radius 3 is 2.55 bits per heavy atom. The molecule has 0 aromatic carbocycles. The Balaban J connectivity index is 2.40. The van der Waals surface area contributed by atoms with Crippen molar-refractivity contribution in [2.24, 2.45) is 5.92 Å². The van der Waals surface area contributed by atoms with E-state index >= 15 is 0 Å². The molecule has 1 rings (SSSR count). The lowest BCUT2D eigenvalue weighted by molar-refractivity contribution is -0.147. The minimum atomic E-state index is -0.283. The summed E-state index contributed by atoms with van der Waals surface area (Å²) >= 11 is 0. The number of esters is 1. The summed E-state index contributed by atoms with van der Waals surface area (Å²) in [6.07, 6.45) is 0.996. The van der Waals surface area contributed by atoms with Gasteiger partial charge in [-0.25, -0.2) is 0 Å². The van der Waals surface area contributed by atoms with Gasteiger partial charge in [0.15, 0.2) is 0 Å². The predicted molar refractivity (Wildman–Crippen MR) is 40.0 cm³/mol. The zero-order valence-corrected chi connectivity index (χ0v) is 6.91. The summed E-state index contributed by atoms with van der Waals surface area (Å²) in [4.78, 5) is 10.5. The van der Waals surface area contributed by atoms with E-state index in [1.54, 1.807) is 0 Å². The number of hydrogen-bond donors (Lipinski definition) is 1. The van der Waals surface area contributed by atoms with Crippen LogP contribution < -0.4 is 0 Å². The van der Waals surface area contributed by atoms with Gasteiger partial charge in [-0.1, -0.05) is 6.92 Å². The maximum Gasteiger partial charge on any atom is 0.302 e. The van der Waals surface area contributed by atoms with Crippen LogP contribution in [0.4, 0.5) is 0 Å². The molecule has 0 heterocycles. The van der Waals surface area contributed by atoms with Gasteiger partial charge in [0.1, 0.15) is 6.10 Å². The van der Waals surface area contributed by atoms with Crippen molar-refractivity contribution in [3.8, 4) is 0 Å². The van der Waals surface area contributed by atoms with E-state index in [1.807, 2.05) is 6.92 Å². The molecule has 11 heavy (non-hydrogen) atoms. The molecule has 0 spiro atoms. The SMILES string of the molecule is CC(=O)O[C@H]1CC(O)C[C@@H]1C. The highest BCUT2D eigenvalue weighted by Gasteiger charge is 2.31. The first-order valence-electron chi connectivity index (χ1n) is 3.95. The van der Waals surface area contributed by atoms with Gasteiger partial charge in [-0.2, -0.15) is 0 Å². The van der Waals surface area contributed by atoms with Crippen LogP contribution in [-0.2, 0) is 9.53 Å². The third-order valence-corrected chi connectivity index (χ3v) is 2.10. The highest BCUT2D eigenvalue weighted by atomic mass is 16.5. The number of hydrogen-bond acceptors (Lipinski definition) is 3. The van der Waals surface area contributed by atoms with Crippen LogP contribution in [0.1, 0.15) is 26.7 Å². The van der Waals surface area contributed by atoms with E-state index < -0.39 is 0 Å². The first-order valence-corrected chi connectivity index (χ1v) is 3.95. The number of rotatable bonds is 1. The number of carbonyl (C=O) groups is 1. The Bertz CT molecular complexity index is 155. The van der Waals surface area contributed by atoms with Gasteiger partial charge in [-0.15, -0.1) is 0 Å². The van der Waals surface area contributed by atoms with Crippen molar-refractivity contribution in [2.75, 3.05) is 0 Å². The third kappa shape index (κ3) is 2.19. The summed E-state index contributed by atoms with van der Waals surface area (Å²) < 4.78 is 4.99. The van der Waals surface area contributed by atoms with E-state index in [4.69, 9.17) is 4.74 Å². The number of aliphatic hydroxyl groups is 1. The van der Waals surface area contributed by atoms with Gasteiger partial charge >= 0.3 is 5.97 Å². The Morgan fingerprint density at radius 1 is 1.55 bits per heavy atom. The first kappa shape index (κ1) is 8.53. The van der Waals surface area contributed by atoms with Gasteiger partial charge in [0.05, 0.1) is 6.10 Å². The highest BCUT2D eigenvalue weighted by molar-refractivity contribution is 5.66. The van der Waals surface area contributed by atoms with Gasteiger partial charge < -0.3 is 9.84 Å². The van der Waals surface area contributed by atoms with Crippen molar-refractivity contribution in [2.45, 2.75) is 38.9 Å². The van der Waals surface area contributed by atoms with Crippen molar-refractivity contribution in [1.29, 1.82) is 0 Å². The van der Waals surface area contributed by atoms with Gasteiger partial charge in [-0.05, 0) is 12.3 Å².